The molecule has 0 bridgehead atoms. The number of hydrogen-bond acceptors (Lipinski definition) is 4. The highest BCUT2D eigenvalue weighted by Crippen LogP contribution is 2.26. The Morgan fingerprint density at radius 3 is 2.43 bits per heavy atom. The molecule has 21 heavy (non-hydrogen) atoms. The summed E-state index contributed by atoms with van der Waals surface area (Å²) in [4.78, 5) is 12.1. The molecule has 0 fully saturated rings. The molecule has 0 N–H and O–H groups in total. The summed E-state index contributed by atoms with van der Waals surface area (Å²) in [7, 11) is 1.58. The zero-order chi connectivity index (χ0) is 15.1. The average molecular weight is 286 g/mol. The Morgan fingerprint density at radius 1 is 1.05 bits per heavy atom. The molecule has 0 aliphatic rings. The number of rotatable bonds is 6. The van der Waals surface area contributed by atoms with Crippen molar-refractivity contribution >= 4 is 5.97 Å². The van der Waals surface area contributed by atoms with E-state index in [-0.39, 0.29) is 0 Å². The highest BCUT2D eigenvalue weighted by atomic mass is 16.6. The molecule has 0 heterocycles. The molecule has 0 saturated heterocycles. The SMILES string of the molecule is CCOC(=O)[C@@H](Oc1cccc(OC)c1)c1ccccc1. The first-order valence-corrected chi connectivity index (χ1v) is 6.77. The Labute approximate surface area is 124 Å². The Bertz CT molecular complexity index is 580. The van der Waals surface area contributed by atoms with Crippen molar-refractivity contribution in [3.8, 4) is 11.5 Å². The fourth-order valence-corrected chi connectivity index (χ4v) is 1.91. The van der Waals surface area contributed by atoms with E-state index in [0.717, 1.165) is 5.56 Å². The molecule has 0 saturated carbocycles. The Hall–Kier alpha value is -2.49. The lowest BCUT2D eigenvalue weighted by Crippen LogP contribution is -2.21. The first kappa shape index (κ1) is 14.9. The zero-order valence-corrected chi connectivity index (χ0v) is 12.1. The van der Waals surface area contributed by atoms with E-state index in [1.54, 1.807) is 32.2 Å². The van der Waals surface area contributed by atoms with Crippen molar-refractivity contribution in [2.75, 3.05) is 13.7 Å². The molecule has 0 aromatic heterocycles. The highest BCUT2D eigenvalue weighted by Gasteiger charge is 2.24. The first-order chi connectivity index (χ1) is 10.2. The van der Waals surface area contributed by atoms with Crippen molar-refractivity contribution in [2.24, 2.45) is 0 Å². The Kier molecular flexibility index (Phi) is 5.21. The minimum atomic E-state index is -0.793. The van der Waals surface area contributed by atoms with Crippen LogP contribution in [0.3, 0.4) is 0 Å². The molecular weight excluding hydrogens is 268 g/mol. The third-order valence-corrected chi connectivity index (χ3v) is 2.90. The normalized spacial score (nSPS) is 11.5. The number of carbonyl (C=O) groups excluding carboxylic acids is 1. The van der Waals surface area contributed by atoms with E-state index in [0.29, 0.717) is 18.1 Å². The Balaban J connectivity index is 2.25. The van der Waals surface area contributed by atoms with E-state index in [2.05, 4.69) is 0 Å². The zero-order valence-electron chi connectivity index (χ0n) is 12.1. The number of methoxy groups -OCH3 is 1. The van der Waals surface area contributed by atoms with Gasteiger partial charge >= 0.3 is 5.97 Å². The maximum Gasteiger partial charge on any atom is 0.352 e. The van der Waals surface area contributed by atoms with Crippen LogP contribution in [0, 0.1) is 0 Å². The molecule has 1 atom stereocenters. The minimum absolute atomic E-state index is 0.309. The van der Waals surface area contributed by atoms with Gasteiger partial charge in [-0.25, -0.2) is 4.79 Å². The number of carbonyl (C=O) groups is 1. The standard InChI is InChI=1S/C17H18O4/c1-3-20-17(18)16(13-8-5-4-6-9-13)21-15-11-7-10-14(12-15)19-2/h4-12,16H,3H2,1-2H3/t16-/m0/s1. The lowest BCUT2D eigenvalue weighted by atomic mass is 10.1. The summed E-state index contributed by atoms with van der Waals surface area (Å²) in [6.45, 7) is 2.08. The third kappa shape index (κ3) is 3.99. The number of benzene rings is 2. The molecule has 4 nitrogen and oxygen atoms in total. The topological polar surface area (TPSA) is 44.8 Å². The Morgan fingerprint density at radius 2 is 1.76 bits per heavy atom. The van der Waals surface area contributed by atoms with Gasteiger partial charge in [0, 0.05) is 11.6 Å². The van der Waals surface area contributed by atoms with Gasteiger partial charge in [-0.2, -0.15) is 0 Å². The van der Waals surface area contributed by atoms with Crippen LogP contribution in [0.15, 0.2) is 54.6 Å². The van der Waals surface area contributed by atoms with Crippen LogP contribution in [0.25, 0.3) is 0 Å². The van der Waals surface area contributed by atoms with Gasteiger partial charge in [0.2, 0.25) is 6.10 Å². The van der Waals surface area contributed by atoms with E-state index in [1.165, 1.54) is 0 Å². The largest absolute Gasteiger partial charge is 0.497 e. The predicted octanol–water partition coefficient (Wildman–Crippen LogP) is 3.38. The third-order valence-electron chi connectivity index (χ3n) is 2.90. The van der Waals surface area contributed by atoms with Crippen molar-refractivity contribution in [3.63, 3.8) is 0 Å². The van der Waals surface area contributed by atoms with Crippen LogP contribution in [0.2, 0.25) is 0 Å². The number of esters is 1. The second-order valence-corrected chi connectivity index (χ2v) is 4.34. The van der Waals surface area contributed by atoms with E-state index < -0.39 is 12.1 Å². The van der Waals surface area contributed by atoms with Gasteiger partial charge in [-0.05, 0) is 19.1 Å². The van der Waals surface area contributed by atoms with Gasteiger partial charge in [-0.3, -0.25) is 0 Å². The molecule has 2 rings (SSSR count). The van der Waals surface area contributed by atoms with E-state index in [1.807, 2.05) is 36.4 Å². The first-order valence-electron chi connectivity index (χ1n) is 6.77. The molecule has 2 aromatic rings. The molecule has 0 unspecified atom stereocenters. The van der Waals surface area contributed by atoms with Gasteiger partial charge in [-0.1, -0.05) is 36.4 Å². The predicted molar refractivity (Wildman–Crippen MR) is 79.4 cm³/mol. The molecule has 0 radical (unpaired) electrons. The summed E-state index contributed by atoms with van der Waals surface area (Å²) < 4.78 is 16.0. The maximum absolute atomic E-state index is 12.1. The van der Waals surface area contributed by atoms with Gasteiger partial charge < -0.3 is 14.2 Å². The van der Waals surface area contributed by atoms with E-state index >= 15 is 0 Å². The lowest BCUT2D eigenvalue weighted by Gasteiger charge is -2.18. The molecule has 0 spiro atoms. The van der Waals surface area contributed by atoms with Crippen LogP contribution in [-0.4, -0.2) is 19.7 Å². The summed E-state index contributed by atoms with van der Waals surface area (Å²) in [5, 5.41) is 0. The maximum atomic E-state index is 12.1. The van der Waals surface area contributed by atoms with Crippen LogP contribution < -0.4 is 9.47 Å². The summed E-state index contributed by atoms with van der Waals surface area (Å²) in [5.41, 5.74) is 0.749. The van der Waals surface area contributed by atoms with Crippen LogP contribution in [0.5, 0.6) is 11.5 Å². The highest BCUT2D eigenvalue weighted by molar-refractivity contribution is 5.77. The summed E-state index contributed by atoms with van der Waals surface area (Å²) >= 11 is 0. The van der Waals surface area contributed by atoms with Crippen molar-refractivity contribution in [3.05, 3.63) is 60.2 Å². The van der Waals surface area contributed by atoms with Crippen molar-refractivity contribution in [1.29, 1.82) is 0 Å². The van der Waals surface area contributed by atoms with E-state index in [9.17, 15) is 4.79 Å². The lowest BCUT2D eigenvalue weighted by molar-refractivity contribution is -0.151. The second-order valence-electron chi connectivity index (χ2n) is 4.34. The van der Waals surface area contributed by atoms with Crippen LogP contribution in [-0.2, 0) is 9.53 Å². The molecule has 4 heteroatoms. The van der Waals surface area contributed by atoms with Gasteiger partial charge in [0.15, 0.2) is 0 Å². The van der Waals surface area contributed by atoms with Gasteiger partial charge in [0.1, 0.15) is 11.5 Å². The molecular formula is C17H18O4. The fourth-order valence-electron chi connectivity index (χ4n) is 1.91. The minimum Gasteiger partial charge on any atom is -0.497 e. The molecule has 0 aliphatic heterocycles. The smallest absolute Gasteiger partial charge is 0.352 e. The van der Waals surface area contributed by atoms with Crippen molar-refractivity contribution in [2.45, 2.75) is 13.0 Å². The average Bonchev–Trinajstić information content (AvgIpc) is 2.54. The van der Waals surface area contributed by atoms with Crippen molar-refractivity contribution in [1.82, 2.24) is 0 Å². The summed E-state index contributed by atoms with van der Waals surface area (Å²) in [6.07, 6.45) is -0.793. The fraction of sp³-hybridized carbons (Fsp3) is 0.235. The van der Waals surface area contributed by atoms with Crippen LogP contribution in [0.1, 0.15) is 18.6 Å². The van der Waals surface area contributed by atoms with Crippen LogP contribution >= 0.6 is 0 Å². The quantitative estimate of drug-likeness (QED) is 0.764. The van der Waals surface area contributed by atoms with Gasteiger partial charge in [0.05, 0.1) is 13.7 Å². The molecule has 0 aliphatic carbocycles. The van der Waals surface area contributed by atoms with Gasteiger partial charge in [-0.15, -0.1) is 0 Å². The second kappa shape index (κ2) is 7.33. The molecule has 110 valence electrons. The summed E-state index contributed by atoms with van der Waals surface area (Å²) in [6, 6.07) is 16.4. The number of ether oxygens (including phenoxy) is 3. The van der Waals surface area contributed by atoms with Crippen LogP contribution in [0.4, 0.5) is 0 Å². The number of hydrogen-bond donors (Lipinski definition) is 0. The monoisotopic (exact) mass is 286 g/mol. The van der Waals surface area contributed by atoms with Gasteiger partial charge in [0.25, 0.3) is 0 Å². The van der Waals surface area contributed by atoms with Crippen molar-refractivity contribution < 1.29 is 19.0 Å². The summed E-state index contributed by atoms with van der Waals surface area (Å²) in [5.74, 6) is 0.811. The van der Waals surface area contributed by atoms with E-state index in [4.69, 9.17) is 14.2 Å². The molecule has 0 amide bonds. The molecule has 2 aromatic carbocycles.